The summed E-state index contributed by atoms with van der Waals surface area (Å²) in [5.74, 6) is 0. The largest absolute Gasteiger partial charge is 0.305 e. The number of hydrogen-bond acceptors (Lipinski definition) is 4. The van der Waals surface area contributed by atoms with Crippen LogP contribution in [0, 0.1) is 0 Å². The van der Waals surface area contributed by atoms with Crippen molar-refractivity contribution in [1.29, 1.82) is 0 Å². The Kier molecular flexibility index (Phi) is 3.42. The first-order valence-corrected chi connectivity index (χ1v) is 5.87. The lowest BCUT2D eigenvalue weighted by Gasteiger charge is -2.15. The molecule has 2 aromatic heterocycles. The minimum Gasteiger partial charge on any atom is -0.305 e. The molecule has 0 spiro atoms. The van der Waals surface area contributed by atoms with Crippen LogP contribution in [0.2, 0.25) is 0 Å². The van der Waals surface area contributed by atoms with E-state index in [1.165, 1.54) is 0 Å². The van der Waals surface area contributed by atoms with Crippen molar-refractivity contribution in [3.05, 3.63) is 46.7 Å². The molecule has 1 atom stereocenters. The van der Waals surface area contributed by atoms with Crippen LogP contribution in [0.3, 0.4) is 0 Å². The van der Waals surface area contributed by atoms with Gasteiger partial charge in [-0.15, -0.1) is 11.3 Å². The van der Waals surface area contributed by atoms with E-state index < -0.39 is 0 Å². The van der Waals surface area contributed by atoms with Crippen molar-refractivity contribution in [2.24, 2.45) is 0 Å². The van der Waals surface area contributed by atoms with Gasteiger partial charge >= 0.3 is 0 Å². The van der Waals surface area contributed by atoms with E-state index in [-0.39, 0.29) is 6.04 Å². The number of pyridine rings is 1. The number of nitrogens with one attached hydrogen (secondary N) is 1. The van der Waals surface area contributed by atoms with Crippen molar-refractivity contribution in [2.45, 2.75) is 13.0 Å². The Hall–Kier alpha value is -1.26. The molecule has 0 aliphatic carbocycles. The number of rotatable bonds is 4. The molecular weight excluding hydrogens is 206 g/mol. The highest BCUT2D eigenvalue weighted by Crippen LogP contribution is 2.20. The fourth-order valence-corrected chi connectivity index (χ4v) is 2.09. The molecule has 0 aliphatic heterocycles. The first-order valence-electron chi connectivity index (χ1n) is 4.93. The predicted molar refractivity (Wildman–Crippen MR) is 61.9 cm³/mol. The molecule has 3 nitrogen and oxygen atoms in total. The second-order valence-corrected chi connectivity index (χ2v) is 3.91. The van der Waals surface area contributed by atoms with Gasteiger partial charge in [-0.1, -0.05) is 13.0 Å². The third kappa shape index (κ3) is 2.40. The van der Waals surface area contributed by atoms with Gasteiger partial charge in [0, 0.05) is 17.8 Å². The monoisotopic (exact) mass is 219 g/mol. The average Bonchev–Trinajstić information content (AvgIpc) is 2.80. The van der Waals surface area contributed by atoms with Crippen LogP contribution in [0.15, 0.2) is 35.4 Å². The Balaban J connectivity index is 2.28. The van der Waals surface area contributed by atoms with Gasteiger partial charge in [-0.25, -0.2) is 4.98 Å². The molecule has 0 fully saturated rings. The molecule has 4 heteroatoms. The van der Waals surface area contributed by atoms with Gasteiger partial charge in [0.05, 0.1) is 17.2 Å². The lowest BCUT2D eigenvalue weighted by atomic mass is 10.1. The summed E-state index contributed by atoms with van der Waals surface area (Å²) in [6.07, 6.45) is 3.67. The third-order valence-electron chi connectivity index (χ3n) is 2.17. The van der Waals surface area contributed by atoms with Gasteiger partial charge in [-0.3, -0.25) is 4.98 Å². The van der Waals surface area contributed by atoms with Crippen molar-refractivity contribution in [1.82, 2.24) is 15.3 Å². The number of aromatic nitrogens is 2. The van der Waals surface area contributed by atoms with Crippen LogP contribution in [-0.2, 0) is 0 Å². The molecule has 0 saturated carbocycles. The Bertz CT molecular complexity index is 385. The number of nitrogens with zero attached hydrogens (tertiary/aromatic N) is 2. The lowest BCUT2D eigenvalue weighted by Crippen LogP contribution is -2.22. The molecular formula is C11H13N3S. The molecule has 1 unspecified atom stereocenters. The maximum absolute atomic E-state index is 4.34. The van der Waals surface area contributed by atoms with E-state index in [1.807, 2.05) is 17.8 Å². The smallest absolute Gasteiger partial charge is 0.0795 e. The van der Waals surface area contributed by atoms with Crippen LogP contribution in [-0.4, -0.2) is 16.5 Å². The summed E-state index contributed by atoms with van der Waals surface area (Å²) in [7, 11) is 0. The topological polar surface area (TPSA) is 37.8 Å². The highest BCUT2D eigenvalue weighted by Gasteiger charge is 2.14. The minimum atomic E-state index is 0.162. The summed E-state index contributed by atoms with van der Waals surface area (Å²) < 4.78 is 0. The zero-order valence-electron chi connectivity index (χ0n) is 8.55. The summed E-state index contributed by atoms with van der Waals surface area (Å²) in [4.78, 5) is 8.47. The summed E-state index contributed by atoms with van der Waals surface area (Å²) in [5, 5.41) is 5.48. The summed E-state index contributed by atoms with van der Waals surface area (Å²) in [6, 6.07) is 4.18. The Morgan fingerprint density at radius 3 is 3.07 bits per heavy atom. The van der Waals surface area contributed by atoms with E-state index >= 15 is 0 Å². The second-order valence-electron chi connectivity index (χ2n) is 3.19. The molecule has 0 aliphatic rings. The first-order chi connectivity index (χ1) is 7.42. The molecule has 15 heavy (non-hydrogen) atoms. The van der Waals surface area contributed by atoms with Crippen molar-refractivity contribution in [3.63, 3.8) is 0 Å². The molecule has 2 aromatic rings. The van der Waals surface area contributed by atoms with Crippen LogP contribution in [0.1, 0.15) is 24.2 Å². The van der Waals surface area contributed by atoms with Gasteiger partial charge in [0.2, 0.25) is 0 Å². The molecule has 0 radical (unpaired) electrons. The Labute approximate surface area is 93.2 Å². The van der Waals surface area contributed by atoms with E-state index in [4.69, 9.17) is 0 Å². The average molecular weight is 219 g/mol. The number of hydrogen-bond donors (Lipinski definition) is 1. The maximum atomic E-state index is 4.34. The Morgan fingerprint density at radius 2 is 2.47 bits per heavy atom. The van der Waals surface area contributed by atoms with E-state index in [1.54, 1.807) is 17.5 Å². The molecule has 2 heterocycles. The van der Waals surface area contributed by atoms with E-state index in [9.17, 15) is 0 Å². The normalized spacial score (nSPS) is 12.6. The first kappa shape index (κ1) is 10.3. The van der Waals surface area contributed by atoms with Crippen LogP contribution in [0.4, 0.5) is 0 Å². The van der Waals surface area contributed by atoms with Crippen LogP contribution >= 0.6 is 11.3 Å². The van der Waals surface area contributed by atoms with Gasteiger partial charge in [0.15, 0.2) is 0 Å². The van der Waals surface area contributed by atoms with Gasteiger partial charge in [-0.2, -0.15) is 0 Å². The summed E-state index contributed by atoms with van der Waals surface area (Å²) >= 11 is 1.62. The SMILES string of the molecule is CCNC(c1cccnc1)c1cscn1. The molecule has 78 valence electrons. The maximum Gasteiger partial charge on any atom is 0.0795 e. The van der Waals surface area contributed by atoms with Crippen LogP contribution in [0.5, 0.6) is 0 Å². The van der Waals surface area contributed by atoms with Crippen molar-refractivity contribution < 1.29 is 0 Å². The van der Waals surface area contributed by atoms with Gasteiger partial charge in [0.1, 0.15) is 0 Å². The summed E-state index contributed by atoms with van der Waals surface area (Å²) in [6.45, 7) is 3.01. The lowest BCUT2D eigenvalue weighted by molar-refractivity contribution is 0.617. The van der Waals surface area contributed by atoms with Gasteiger partial charge in [0.25, 0.3) is 0 Å². The van der Waals surface area contributed by atoms with Crippen molar-refractivity contribution in [3.8, 4) is 0 Å². The second kappa shape index (κ2) is 5.00. The molecule has 1 N–H and O–H groups in total. The van der Waals surface area contributed by atoms with E-state index in [2.05, 4.69) is 33.7 Å². The van der Waals surface area contributed by atoms with E-state index in [0.29, 0.717) is 0 Å². The fourth-order valence-electron chi connectivity index (χ4n) is 1.51. The van der Waals surface area contributed by atoms with Gasteiger partial charge < -0.3 is 5.32 Å². The van der Waals surface area contributed by atoms with Crippen LogP contribution < -0.4 is 5.32 Å². The zero-order chi connectivity index (χ0) is 10.5. The van der Waals surface area contributed by atoms with E-state index in [0.717, 1.165) is 17.8 Å². The zero-order valence-corrected chi connectivity index (χ0v) is 9.37. The highest BCUT2D eigenvalue weighted by atomic mass is 32.1. The predicted octanol–water partition coefficient (Wildman–Crippen LogP) is 2.24. The van der Waals surface area contributed by atoms with Crippen LogP contribution in [0.25, 0.3) is 0 Å². The molecule has 0 aromatic carbocycles. The minimum absolute atomic E-state index is 0.162. The molecule has 0 amide bonds. The molecule has 2 rings (SSSR count). The summed E-state index contributed by atoms with van der Waals surface area (Å²) in [5.41, 5.74) is 4.08. The molecule has 0 bridgehead atoms. The highest BCUT2D eigenvalue weighted by molar-refractivity contribution is 7.07. The Morgan fingerprint density at radius 1 is 1.53 bits per heavy atom. The van der Waals surface area contributed by atoms with Gasteiger partial charge in [-0.05, 0) is 18.2 Å². The fraction of sp³-hybridized carbons (Fsp3) is 0.273. The van der Waals surface area contributed by atoms with Crippen molar-refractivity contribution >= 4 is 11.3 Å². The molecule has 0 saturated heterocycles. The quantitative estimate of drug-likeness (QED) is 0.857. The standard InChI is InChI=1S/C11H13N3S/c1-2-13-11(10-7-15-8-14-10)9-4-3-5-12-6-9/h3-8,11,13H,2H2,1H3. The third-order valence-corrected chi connectivity index (χ3v) is 2.78. The van der Waals surface area contributed by atoms with Crippen molar-refractivity contribution in [2.75, 3.05) is 6.54 Å². The number of thiazole rings is 1.